The lowest BCUT2D eigenvalue weighted by molar-refractivity contribution is -0.117. The van der Waals surface area contributed by atoms with E-state index in [1.54, 1.807) is 17.0 Å². The monoisotopic (exact) mass is 439 g/mol. The fourth-order valence-corrected chi connectivity index (χ4v) is 4.27. The van der Waals surface area contributed by atoms with E-state index in [4.69, 9.17) is 16.0 Å². The average molecular weight is 440 g/mol. The second-order valence-electron chi connectivity index (χ2n) is 8.06. The van der Waals surface area contributed by atoms with E-state index in [1.807, 2.05) is 43.9 Å². The number of benzene rings is 2. The smallest absolute Gasteiger partial charge is 0.289 e. The maximum atomic E-state index is 13.1. The quantitative estimate of drug-likeness (QED) is 0.654. The number of carbonyl (C=O) groups is 2. The van der Waals surface area contributed by atoms with Gasteiger partial charge < -0.3 is 14.6 Å². The Balaban J connectivity index is 1.38. The summed E-state index contributed by atoms with van der Waals surface area (Å²) >= 11 is 6.10. The van der Waals surface area contributed by atoms with Crippen LogP contribution in [0.25, 0.3) is 11.0 Å². The van der Waals surface area contributed by atoms with Crippen molar-refractivity contribution >= 4 is 40.1 Å². The molecule has 2 aromatic carbocycles. The standard InChI is InChI=1S/C24H26ClN3O3/c1-15-8-9-16(2)22-21(15)17(3)23(31-22)24(30)28-12-10-27(11-13-28)14-20(29)26-19-7-5-4-6-18(19)25/h4-9H,10-14H2,1-3H3,(H,26,29). The Hall–Kier alpha value is -2.83. The molecule has 4 rings (SSSR count). The highest BCUT2D eigenvalue weighted by Crippen LogP contribution is 2.31. The third kappa shape index (κ3) is 4.31. The van der Waals surface area contributed by atoms with Gasteiger partial charge in [0.1, 0.15) is 5.58 Å². The van der Waals surface area contributed by atoms with Crippen molar-refractivity contribution in [2.24, 2.45) is 0 Å². The third-order valence-corrected chi connectivity index (χ3v) is 6.18. The molecule has 1 aliphatic heterocycles. The second kappa shape index (κ2) is 8.73. The number of nitrogens with one attached hydrogen (secondary N) is 1. The van der Waals surface area contributed by atoms with E-state index < -0.39 is 0 Å². The van der Waals surface area contributed by atoms with Gasteiger partial charge in [-0.2, -0.15) is 0 Å². The fraction of sp³-hybridized carbons (Fsp3) is 0.333. The van der Waals surface area contributed by atoms with Crippen molar-refractivity contribution in [1.29, 1.82) is 0 Å². The van der Waals surface area contributed by atoms with Gasteiger partial charge in [0.25, 0.3) is 5.91 Å². The van der Waals surface area contributed by atoms with Crippen LogP contribution >= 0.6 is 11.6 Å². The number of fused-ring (bicyclic) bond motifs is 1. The lowest BCUT2D eigenvalue weighted by Crippen LogP contribution is -2.50. The van der Waals surface area contributed by atoms with Gasteiger partial charge in [-0.05, 0) is 44.0 Å². The largest absolute Gasteiger partial charge is 0.450 e. The summed E-state index contributed by atoms with van der Waals surface area (Å²) in [7, 11) is 0. The zero-order valence-electron chi connectivity index (χ0n) is 18.0. The van der Waals surface area contributed by atoms with Crippen LogP contribution in [0, 0.1) is 20.8 Å². The minimum atomic E-state index is -0.119. The van der Waals surface area contributed by atoms with Crippen LogP contribution in [0.4, 0.5) is 5.69 Å². The summed E-state index contributed by atoms with van der Waals surface area (Å²) in [4.78, 5) is 29.4. The number of piperazine rings is 1. The summed E-state index contributed by atoms with van der Waals surface area (Å²) < 4.78 is 6.01. The second-order valence-corrected chi connectivity index (χ2v) is 8.46. The van der Waals surface area contributed by atoms with Gasteiger partial charge >= 0.3 is 0 Å². The Labute approximate surface area is 186 Å². The minimum absolute atomic E-state index is 0.0901. The number of rotatable bonds is 4. The van der Waals surface area contributed by atoms with Crippen molar-refractivity contribution in [3.05, 3.63) is 63.9 Å². The van der Waals surface area contributed by atoms with E-state index in [2.05, 4.69) is 11.4 Å². The number of nitrogens with zero attached hydrogens (tertiary/aromatic N) is 2. The molecule has 0 aliphatic carbocycles. The van der Waals surface area contributed by atoms with Crippen LogP contribution in [0.3, 0.4) is 0 Å². The molecule has 1 N–H and O–H groups in total. The molecule has 1 saturated heterocycles. The number of hydrogen-bond donors (Lipinski definition) is 1. The molecule has 7 heteroatoms. The number of aryl methyl sites for hydroxylation is 3. The number of para-hydroxylation sites is 1. The van der Waals surface area contributed by atoms with Crippen LogP contribution in [-0.4, -0.2) is 54.3 Å². The Morgan fingerprint density at radius 3 is 2.35 bits per heavy atom. The van der Waals surface area contributed by atoms with Crippen molar-refractivity contribution in [2.45, 2.75) is 20.8 Å². The summed E-state index contributed by atoms with van der Waals surface area (Å²) in [6, 6.07) is 11.2. The van der Waals surface area contributed by atoms with Gasteiger partial charge in [-0.25, -0.2) is 0 Å². The van der Waals surface area contributed by atoms with Crippen molar-refractivity contribution in [2.75, 3.05) is 38.0 Å². The van der Waals surface area contributed by atoms with Crippen molar-refractivity contribution in [3.8, 4) is 0 Å². The molecule has 6 nitrogen and oxygen atoms in total. The average Bonchev–Trinajstić information content (AvgIpc) is 3.11. The molecule has 3 aromatic rings. The van der Waals surface area contributed by atoms with Gasteiger partial charge in [0.05, 0.1) is 17.3 Å². The number of anilines is 1. The molecular weight excluding hydrogens is 414 g/mol. The Morgan fingerprint density at radius 2 is 1.68 bits per heavy atom. The van der Waals surface area contributed by atoms with E-state index in [0.29, 0.717) is 42.6 Å². The fourth-order valence-electron chi connectivity index (χ4n) is 4.09. The van der Waals surface area contributed by atoms with Gasteiger partial charge in [0.15, 0.2) is 5.76 Å². The molecule has 162 valence electrons. The first-order valence-electron chi connectivity index (χ1n) is 10.4. The van der Waals surface area contributed by atoms with Gasteiger partial charge in [0.2, 0.25) is 5.91 Å². The minimum Gasteiger partial charge on any atom is -0.450 e. The van der Waals surface area contributed by atoms with Crippen LogP contribution in [0.15, 0.2) is 40.8 Å². The summed E-state index contributed by atoms with van der Waals surface area (Å²) in [6.07, 6.45) is 0. The molecule has 31 heavy (non-hydrogen) atoms. The lowest BCUT2D eigenvalue weighted by atomic mass is 10.0. The number of hydrogen-bond acceptors (Lipinski definition) is 4. The molecule has 0 unspecified atom stereocenters. The first-order valence-corrected chi connectivity index (χ1v) is 10.8. The molecule has 1 aliphatic rings. The van der Waals surface area contributed by atoms with Crippen LogP contribution in [0.1, 0.15) is 27.2 Å². The van der Waals surface area contributed by atoms with E-state index in [0.717, 1.165) is 27.7 Å². The van der Waals surface area contributed by atoms with E-state index in [9.17, 15) is 9.59 Å². The summed E-state index contributed by atoms with van der Waals surface area (Å²) in [6.45, 7) is 8.57. The molecule has 1 aromatic heterocycles. The Bertz CT molecular complexity index is 1150. The maximum absolute atomic E-state index is 13.1. The van der Waals surface area contributed by atoms with Crippen LogP contribution in [0.2, 0.25) is 5.02 Å². The lowest BCUT2D eigenvalue weighted by Gasteiger charge is -2.34. The van der Waals surface area contributed by atoms with Gasteiger partial charge in [-0.3, -0.25) is 14.5 Å². The van der Waals surface area contributed by atoms with Crippen molar-refractivity contribution in [1.82, 2.24) is 9.80 Å². The maximum Gasteiger partial charge on any atom is 0.289 e. The predicted molar refractivity (Wildman–Crippen MR) is 123 cm³/mol. The van der Waals surface area contributed by atoms with Crippen LogP contribution in [-0.2, 0) is 4.79 Å². The number of furan rings is 1. The molecule has 0 radical (unpaired) electrons. The van der Waals surface area contributed by atoms with E-state index >= 15 is 0 Å². The normalized spacial score (nSPS) is 14.8. The highest BCUT2D eigenvalue weighted by molar-refractivity contribution is 6.33. The summed E-state index contributed by atoms with van der Waals surface area (Å²) in [5.41, 5.74) is 4.42. The molecular formula is C24H26ClN3O3. The predicted octanol–water partition coefficient (Wildman–Crippen LogP) is 4.41. The first-order chi connectivity index (χ1) is 14.8. The summed E-state index contributed by atoms with van der Waals surface area (Å²) in [5, 5.41) is 4.38. The van der Waals surface area contributed by atoms with Crippen molar-refractivity contribution in [3.63, 3.8) is 0 Å². The topological polar surface area (TPSA) is 65.8 Å². The first kappa shape index (κ1) is 21.4. The Kier molecular flexibility index (Phi) is 6.03. The third-order valence-electron chi connectivity index (χ3n) is 5.85. The number of carbonyl (C=O) groups excluding carboxylic acids is 2. The molecule has 0 bridgehead atoms. The van der Waals surface area contributed by atoms with Gasteiger partial charge in [-0.1, -0.05) is 35.9 Å². The molecule has 0 spiro atoms. The van der Waals surface area contributed by atoms with Crippen molar-refractivity contribution < 1.29 is 14.0 Å². The highest BCUT2D eigenvalue weighted by Gasteiger charge is 2.28. The zero-order chi connectivity index (χ0) is 22.1. The Morgan fingerprint density at radius 1 is 1.00 bits per heavy atom. The number of halogens is 1. The van der Waals surface area contributed by atoms with Crippen LogP contribution in [0.5, 0.6) is 0 Å². The van der Waals surface area contributed by atoms with Gasteiger partial charge in [-0.15, -0.1) is 0 Å². The molecule has 0 saturated carbocycles. The highest BCUT2D eigenvalue weighted by atomic mass is 35.5. The van der Waals surface area contributed by atoms with E-state index in [-0.39, 0.29) is 18.4 Å². The molecule has 2 heterocycles. The van der Waals surface area contributed by atoms with Gasteiger partial charge in [0, 0.05) is 37.1 Å². The van der Waals surface area contributed by atoms with E-state index in [1.165, 1.54) is 0 Å². The molecule has 0 atom stereocenters. The molecule has 1 fully saturated rings. The van der Waals surface area contributed by atoms with Crippen LogP contribution < -0.4 is 5.32 Å². The number of amides is 2. The molecule has 2 amide bonds. The SMILES string of the molecule is Cc1ccc(C)c2c(C)c(C(=O)N3CCN(CC(=O)Nc4ccccc4Cl)CC3)oc12. The zero-order valence-corrected chi connectivity index (χ0v) is 18.8. The summed E-state index contributed by atoms with van der Waals surface area (Å²) in [5.74, 6) is 0.205.